The zero-order chi connectivity index (χ0) is 23.4. The SMILES string of the molecule is O=C(Nc1nc(-c2cccc([N+](=O)[O-])c2)cs1)[C@@H]1CCC(=O)N1C(=O)OCc1ccccc1. The molecular formula is C22H18N4O6S. The minimum Gasteiger partial charge on any atom is -0.444 e. The molecule has 3 aromatic rings. The van der Waals surface area contributed by atoms with Crippen LogP contribution in [0.5, 0.6) is 0 Å². The van der Waals surface area contributed by atoms with Gasteiger partial charge in [0, 0.05) is 29.5 Å². The molecule has 1 atom stereocenters. The highest BCUT2D eigenvalue weighted by Gasteiger charge is 2.41. The van der Waals surface area contributed by atoms with Crippen molar-refractivity contribution in [1.82, 2.24) is 9.88 Å². The van der Waals surface area contributed by atoms with Crippen molar-refractivity contribution < 1.29 is 24.0 Å². The van der Waals surface area contributed by atoms with E-state index in [4.69, 9.17) is 4.74 Å². The zero-order valence-electron chi connectivity index (χ0n) is 17.2. The van der Waals surface area contributed by atoms with Crippen LogP contribution in [-0.2, 0) is 20.9 Å². The lowest BCUT2D eigenvalue weighted by Crippen LogP contribution is -2.45. The van der Waals surface area contributed by atoms with Crippen LogP contribution in [0.15, 0.2) is 60.0 Å². The number of likely N-dealkylation sites (tertiary alicyclic amines) is 1. The molecule has 0 radical (unpaired) electrons. The first-order valence-corrected chi connectivity index (χ1v) is 10.8. The van der Waals surface area contributed by atoms with Crippen molar-refractivity contribution in [2.24, 2.45) is 0 Å². The molecule has 0 unspecified atom stereocenters. The number of imide groups is 1. The van der Waals surface area contributed by atoms with Crippen LogP contribution < -0.4 is 5.32 Å². The number of thiazole rings is 1. The number of ether oxygens (including phenoxy) is 1. The number of amides is 3. The Balaban J connectivity index is 1.42. The van der Waals surface area contributed by atoms with Crippen LogP contribution in [-0.4, -0.2) is 38.8 Å². The molecule has 0 aliphatic carbocycles. The first-order chi connectivity index (χ1) is 15.9. The molecule has 10 nitrogen and oxygen atoms in total. The van der Waals surface area contributed by atoms with Crippen molar-refractivity contribution in [3.8, 4) is 11.3 Å². The highest BCUT2D eigenvalue weighted by atomic mass is 32.1. The quantitative estimate of drug-likeness (QED) is 0.429. The van der Waals surface area contributed by atoms with Gasteiger partial charge in [-0.25, -0.2) is 14.7 Å². The summed E-state index contributed by atoms with van der Waals surface area (Å²) < 4.78 is 5.22. The second-order valence-electron chi connectivity index (χ2n) is 7.19. The highest BCUT2D eigenvalue weighted by Crippen LogP contribution is 2.28. The predicted octanol–water partition coefficient (Wildman–Crippen LogP) is 3.98. The van der Waals surface area contributed by atoms with Gasteiger partial charge in [-0.2, -0.15) is 0 Å². The minimum absolute atomic E-state index is 0.0170. The molecule has 0 bridgehead atoms. The van der Waals surface area contributed by atoms with Crippen molar-refractivity contribution in [2.75, 3.05) is 5.32 Å². The Bertz CT molecular complexity index is 1210. The Labute approximate surface area is 192 Å². The second kappa shape index (κ2) is 9.57. The van der Waals surface area contributed by atoms with E-state index >= 15 is 0 Å². The van der Waals surface area contributed by atoms with Crippen LogP contribution in [0.2, 0.25) is 0 Å². The number of benzene rings is 2. The van der Waals surface area contributed by atoms with E-state index in [-0.39, 0.29) is 30.3 Å². The largest absolute Gasteiger partial charge is 0.444 e. The molecule has 1 aliphatic rings. The number of aromatic nitrogens is 1. The van der Waals surface area contributed by atoms with Crippen molar-refractivity contribution in [3.05, 3.63) is 75.7 Å². The number of rotatable bonds is 6. The lowest BCUT2D eigenvalue weighted by molar-refractivity contribution is -0.384. The summed E-state index contributed by atoms with van der Waals surface area (Å²) in [4.78, 5) is 53.2. The lowest BCUT2D eigenvalue weighted by atomic mass is 10.1. The van der Waals surface area contributed by atoms with E-state index in [0.717, 1.165) is 21.8 Å². The third-order valence-corrected chi connectivity index (χ3v) is 5.76. The Morgan fingerprint density at radius 1 is 1.21 bits per heavy atom. The molecule has 4 rings (SSSR count). The van der Waals surface area contributed by atoms with Gasteiger partial charge >= 0.3 is 6.09 Å². The van der Waals surface area contributed by atoms with E-state index in [9.17, 15) is 24.5 Å². The fourth-order valence-electron chi connectivity index (χ4n) is 3.38. The van der Waals surface area contributed by atoms with E-state index in [1.807, 2.05) is 6.07 Å². The number of hydrogen-bond donors (Lipinski definition) is 1. The smallest absolute Gasteiger partial charge is 0.417 e. The minimum atomic E-state index is -1.01. The van der Waals surface area contributed by atoms with Gasteiger partial charge in [-0.1, -0.05) is 42.5 Å². The van der Waals surface area contributed by atoms with Crippen LogP contribution in [0, 0.1) is 10.1 Å². The van der Waals surface area contributed by atoms with E-state index in [1.54, 1.807) is 41.8 Å². The molecule has 2 aromatic carbocycles. The Kier molecular flexibility index (Phi) is 6.41. The summed E-state index contributed by atoms with van der Waals surface area (Å²) in [5.41, 5.74) is 1.68. The van der Waals surface area contributed by atoms with Crippen LogP contribution in [0.1, 0.15) is 18.4 Å². The van der Waals surface area contributed by atoms with Crippen LogP contribution >= 0.6 is 11.3 Å². The normalized spacial score (nSPS) is 15.3. The second-order valence-corrected chi connectivity index (χ2v) is 8.05. The van der Waals surface area contributed by atoms with Gasteiger partial charge in [0.05, 0.1) is 10.6 Å². The summed E-state index contributed by atoms with van der Waals surface area (Å²) in [6, 6.07) is 14.0. The fraction of sp³-hybridized carbons (Fsp3) is 0.182. The Hall–Kier alpha value is -4.12. The van der Waals surface area contributed by atoms with E-state index in [0.29, 0.717) is 11.3 Å². The Morgan fingerprint density at radius 3 is 2.76 bits per heavy atom. The summed E-state index contributed by atoms with van der Waals surface area (Å²) in [6.45, 7) is -0.0170. The molecule has 1 aliphatic heterocycles. The highest BCUT2D eigenvalue weighted by molar-refractivity contribution is 7.14. The molecule has 1 saturated heterocycles. The number of carbonyl (C=O) groups is 3. The monoisotopic (exact) mass is 466 g/mol. The van der Waals surface area contributed by atoms with Gasteiger partial charge in [0.2, 0.25) is 11.8 Å². The topological polar surface area (TPSA) is 132 Å². The number of non-ortho nitro benzene ring substituents is 1. The molecule has 11 heteroatoms. The number of nitro groups is 1. The maximum absolute atomic E-state index is 12.8. The zero-order valence-corrected chi connectivity index (χ0v) is 18.0. The maximum Gasteiger partial charge on any atom is 0.417 e. The molecule has 0 saturated carbocycles. The lowest BCUT2D eigenvalue weighted by Gasteiger charge is -2.21. The van der Waals surface area contributed by atoms with Gasteiger partial charge < -0.3 is 10.1 Å². The van der Waals surface area contributed by atoms with Crippen LogP contribution in [0.25, 0.3) is 11.3 Å². The molecule has 1 aromatic heterocycles. The van der Waals surface area contributed by atoms with Crippen molar-refractivity contribution in [3.63, 3.8) is 0 Å². The number of carbonyl (C=O) groups excluding carboxylic acids is 3. The molecule has 0 spiro atoms. The summed E-state index contributed by atoms with van der Waals surface area (Å²) in [7, 11) is 0. The first kappa shape index (κ1) is 22.1. The summed E-state index contributed by atoms with van der Waals surface area (Å²) >= 11 is 1.13. The van der Waals surface area contributed by atoms with Crippen molar-refractivity contribution in [1.29, 1.82) is 0 Å². The molecule has 33 heavy (non-hydrogen) atoms. The third kappa shape index (κ3) is 5.04. The average Bonchev–Trinajstić information content (AvgIpc) is 3.45. The van der Waals surface area contributed by atoms with Crippen LogP contribution in [0.3, 0.4) is 0 Å². The molecular weight excluding hydrogens is 448 g/mol. The number of anilines is 1. The fourth-order valence-corrected chi connectivity index (χ4v) is 4.10. The number of nitro benzene ring substituents is 1. The number of nitrogens with zero attached hydrogens (tertiary/aromatic N) is 3. The molecule has 1 fully saturated rings. The van der Waals surface area contributed by atoms with E-state index < -0.39 is 28.9 Å². The average molecular weight is 466 g/mol. The Morgan fingerprint density at radius 2 is 2.00 bits per heavy atom. The van der Waals surface area contributed by atoms with Gasteiger partial charge in [0.1, 0.15) is 12.6 Å². The first-order valence-electron chi connectivity index (χ1n) is 9.96. The molecule has 1 N–H and O–H groups in total. The summed E-state index contributed by atoms with van der Waals surface area (Å²) in [5.74, 6) is -1.04. The van der Waals surface area contributed by atoms with Gasteiger partial charge in [0.15, 0.2) is 5.13 Å². The molecule has 168 valence electrons. The number of nitrogens with one attached hydrogen (secondary N) is 1. The standard InChI is InChI=1S/C22H18N4O6S/c27-19-10-9-18(25(19)22(29)32-12-14-5-2-1-3-6-14)20(28)24-21-23-17(13-33-21)15-7-4-8-16(11-15)26(30)31/h1-8,11,13,18H,9-10,12H2,(H,23,24,28)/t18-/m0/s1. The summed E-state index contributed by atoms with van der Waals surface area (Å²) in [5, 5.41) is 15.5. The predicted molar refractivity (Wildman–Crippen MR) is 119 cm³/mol. The summed E-state index contributed by atoms with van der Waals surface area (Å²) in [6.07, 6.45) is -0.651. The van der Waals surface area contributed by atoms with Crippen molar-refractivity contribution in [2.45, 2.75) is 25.5 Å². The van der Waals surface area contributed by atoms with Gasteiger partial charge in [-0.05, 0) is 12.0 Å². The van der Waals surface area contributed by atoms with Crippen molar-refractivity contribution >= 4 is 40.1 Å². The number of hydrogen-bond acceptors (Lipinski definition) is 8. The molecule has 2 heterocycles. The van der Waals surface area contributed by atoms with Gasteiger partial charge in [-0.3, -0.25) is 19.7 Å². The molecule has 3 amide bonds. The maximum atomic E-state index is 12.8. The van der Waals surface area contributed by atoms with Gasteiger partial charge in [0.25, 0.3) is 5.69 Å². The van der Waals surface area contributed by atoms with Crippen LogP contribution in [0.4, 0.5) is 15.6 Å². The van der Waals surface area contributed by atoms with Gasteiger partial charge in [-0.15, -0.1) is 11.3 Å². The van der Waals surface area contributed by atoms with E-state index in [2.05, 4.69) is 10.3 Å². The third-order valence-electron chi connectivity index (χ3n) is 5.00. The van der Waals surface area contributed by atoms with E-state index in [1.165, 1.54) is 12.1 Å².